The zero-order chi connectivity index (χ0) is 20.6. The smallest absolute Gasteiger partial charge is 0.242 e. The summed E-state index contributed by atoms with van der Waals surface area (Å²) < 4.78 is 1.96. The van der Waals surface area contributed by atoms with Crippen molar-refractivity contribution in [2.75, 3.05) is 18.4 Å². The van der Waals surface area contributed by atoms with Crippen LogP contribution in [0.15, 0.2) is 60.8 Å². The molecule has 0 fully saturated rings. The van der Waals surface area contributed by atoms with Crippen LogP contribution < -0.4 is 5.32 Å². The zero-order valence-electron chi connectivity index (χ0n) is 17.2. The Morgan fingerprint density at radius 3 is 2.48 bits per heavy atom. The summed E-state index contributed by atoms with van der Waals surface area (Å²) in [6.45, 7) is 5.74. The van der Waals surface area contributed by atoms with Gasteiger partial charge in [-0.3, -0.25) is 9.59 Å². The number of likely N-dealkylation sites (N-methyl/N-ethyl adjacent to an activating group) is 1. The van der Waals surface area contributed by atoms with Gasteiger partial charge < -0.3 is 14.8 Å². The van der Waals surface area contributed by atoms with Crippen LogP contribution in [-0.2, 0) is 22.6 Å². The quantitative estimate of drug-likeness (QED) is 0.585. The molecule has 3 aromatic rings. The lowest BCUT2D eigenvalue weighted by Gasteiger charge is -2.19. The normalized spacial score (nSPS) is 10.8. The molecule has 152 valence electrons. The SMILES string of the molecule is CCN(CC)C(=O)Cn1ccc2cc(NC(=O)CCCc3ccccc3)ccc21. The number of hydrogen-bond donors (Lipinski definition) is 1. The second kappa shape index (κ2) is 9.92. The first-order chi connectivity index (χ1) is 14.1. The molecule has 0 aliphatic heterocycles. The van der Waals surface area contributed by atoms with E-state index in [0.717, 1.165) is 42.5 Å². The minimum Gasteiger partial charge on any atom is -0.342 e. The summed E-state index contributed by atoms with van der Waals surface area (Å²) in [5.41, 5.74) is 3.03. The highest BCUT2D eigenvalue weighted by Gasteiger charge is 2.12. The summed E-state index contributed by atoms with van der Waals surface area (Å²) in [7, 11) is 0. The Morgan fingerprint density at radius 1 is 1.00 bits per heavy atom. The molecule has 29 heavy (non-hydrogen) atoms. The van der Waals surface area contributed by atoms with Gasteiger partial charge in [0, 0.05) is 42.3 Å². The van der Waals surface area contributed by atoms with E-state index in [1.807, 2.05) is 72.0 Å². The van der Waals surface area contributed by atoms with Crippen LogP contribution in [0, 0.1) is 0 Å². The monoisotopic (exact) mass is 391 g/mol. The number of aryl methyl sites for hydroxylation is 1. The van der Waals surface area contributed by atoms with Gasteiger partial charge in [-0.05, 0) is 56.5 Å². The minimum atomic E-state index is 0.0245. The highest BCUT2D eigenvalue weighted by Crippen LogP contribution is 2.21. The Bertz CT molecular complexity index is 959. The van der Waals surface area contributed by atoms with Gasteiger partial charge in [0.15, 0.2) is 0 Å². The number of hydrogen-bond acceptors (Lipinski definition) is 2. The molecule has 0 atom stereocenters. The fraction of sp³-hybridized carbons (Fsp3) is 0.333. The van der Waals surface area contributed by atoms with Crippen molar-refractivity contribution >= 4 is 28.4 Å². The third-order valence-corrected chi connectivity index (χ3v) is 5.19. The lowest BCUT2D eigenvalue weighted by Crippen LogP contribution is -2.33. The van der Waals surface area contributed by atoms with E-state index in [4.69, 9.17) is 0 Å². The Labute approximate surface area is 172 Å². The molecule has 0 spiro atoms. The first kappa shape index (κ1) is 20.6. The molecule has 3 rings (SSSR count). The van der Waals surface area contributed by atoms with Crippen molar-refractivity contribution in [2.24, 2.45) is 0 Å². The Kier molecular flexibility index (Phi) is 7.06. The number of anilines is 1. The van der Waals surface area contributed by atoms with Gasteiger partial charge in [0.05, 0.1) is 0 Å². The van der Waals surface area contributed by atoms with Gasteiger partial charge in [-0.15, -0.1) is 0 Å². The molecular weight excluding hydrogens is 362 g/mol. The third kappa shape index (κ3) is 5.47. The second-order valence-corrected chi connectivity index (χ2v) is 7.17. The van der Waals surface area contributed by atoms with Gasteiger partial charge in [-0.2, -0.15) is 0 Å². The Hall–Kier alpha value is -3.08. The molecule has 0 unspecified atom stereocenters. The largest absolute Gasteiger partial charge is 0.342 e. The minimum absolute atomic E-state index is 0.0245. The molecule has 2 aromatic carbocycles. The van der Waals surface area contributed by atoms with Crippen LogP contribution in [0.2, 0.25) is 0 Å². The van der Waals surface area contributed by atoms with Crippen molar-refractivity contribution in [1.82, 2.24) is 9.47 Å². The zero-order valence-corrected chi connectivity index (χ0v) is 17.2. The molecule has 0 aliphatic carbocycles. The van der Waals surface area contributed by atoms with E-state index >= 15 is 0 Å². The summed E-state index contributed by atoms with van der Waals surface area (Å²) in [5.74, 6) is 0.139. The molecule has 0 saturated heterocycles. The number of rotatable bonds is 9. The van der Waals surface area contributed by atoms with E-state index in [1.54, 1.807) is 0 Å². The van der Waals surface area contributed by atoms with Crippen molar-refractivity contribution in [3.05, 3.63) is 66.4 Å². The van der Waals surface area contributed by atoms with Crippen molar-refractivity contribution in [3.63, 3.8) is 0 Å². The van der Waals surface area contributed by atoms with Crippen LogP contribution in [0.25, 0.3) is 10.9 Å². The lowest BCUT2D eigenvalue weighted by atomic mass is 10.1. The summed E-state index contributed by atoms with van der Waals surface area (Å²) in [6.07, 6.45) is 4.14. The molecule has 2 amide bonds. The molecule has 0 aliphatic rings. The number of nitrogens with zero attached hydrogens (tertiary/aromatic N) is 2. The van der Waals surface area contributed by atoms with Crippen molar-refractivity contribution in [3.8, 4) is 0 Å². The maximum atomic E-state index is 12.4. The number of nitrogens with one attached hydrogen (secondary N) is 1. The Morgan fingerprint density at radius 2 is 1.76 bits per heavy atom. The first-order valence-electron chi connectivity index (χ1n) is 10.3. The second-order valence-electron chi connectivity index (χ2n) is 7.17. The fourth-order valence-electron chi connectivity index (χ4n) is 3.56. The fourth-order valence-corrected chi connectivity index (χ4v) is 3.56. The predicted octanol–water partition coefficient (Wildman–Crippen LogP) is 4.47. The lowest BCUT2D eigenvalue weighted by molar-refractivity contribution is -0.131. The van der Waals surface area contributed by atoms with Gasteiger partial charge in [0.1, 0.15) is 6.54 Å². The number of carbonyl (C=O) groups excluding carboxylic acids is 2. The maximum absolute atomic E-state index is 12.4. The summed E-state index contributed by atoms with van der Waals surface area (Å²) in [4.78, 5) is 26.5. The first-order valence-corrected chi connectivity index (χ1v) is 10.3. The highest BCUT2D eigenvalue weighted by molar-refractivity contribution is 5.94. The third-order valence-electron chi connectivity index (χ3n) is 5.19. The number of fused-ring (bicyclic) bond motifs is 1. The predicted molar refractivity (Wildman–Crippen MR) is 118 cm³/mol. The van der Waals surface area contributed by atoms with E-state index in [1.165, 1.54) is 5.56 Å². The van der Waals surface area contributed by atoms with Gasteiger partial charge in [0.25, 0.3) is 0 Å². The highest BCUT2D eigenvalue weighted by atomic mass is 16.2. The van der Waals surface area contributed by atoms with E-state index in [0.29, 0.717) is 13.0 Å². The van der Waals surface area contributed by atoms with E-state index in [9.17, 15) is 9.59 Å². The molecule has 0 bridgehead atoms. The molecule has 5 heteroatoms. The summed E-state index contributed by atoms with van der Waals surface area (Å²) in [6, 6.07) is 18.0. The van der Waals surface area contributed by atoms with Crippen LogP contribution in [0.5, 0.6) is 0 Å². The molecule has 5 nitrogen and oxygen atoms in total. The standard InChI is InChI=1S/C24H29N3O2/c1-3-26(4-2)24(29)18-27-16-15-20-17-21(13-14-22(20)27)25-23(28)12-8-11-19-9-6-5-7-10-19/h5-7,9-10,13-17H,3-4,8,11-12,18H2,1-2H3,(H,25,28). The molecule has 1 N–H and O–H groups in total. The van der Waals surface area contributed by atoms with E-state index in [2.05, 4.69) is 17.4 Å². The Balaban J connectivity index is 1.57. The van der Waals surface area contributed by atoms with E-state index in [-0.39, 0.29) is 11.8 Å². The number of amides is 2. The number of aromatic nitrogens is 1. The van der Waals surface area contributed by atoms with Crippen LogP contribution in [0.4, 0.5) is 5.69 Å². The number of carbonyl (C=O) groups is 2. The summed E-state index contributed by atoms with van der Waals surface area (Å²) >= 11 is 0. The molecular formula is C24H29N3O2. The molecule has 0 radical (unpaired) electrons. The van der Waals surface area contributed by atoms with Gasteiger partial charge in [0.2, 0.25) is 11.8 Å². The summed E-state index contributed by atoms with van der Waals surface area (Å²) in [5, 5.41) is 4.00. The van der Waals surface area contributed by atoms with Crippen LogP contribution in [0.3, 0.4) is 0 Å². The van der Waals surface area contributed by atoms with Crippen LogP contribution in [0.1, 0.15) is 32.3 Å². The van der Waals surface area contributed by atoms with Gasteiger partial charge in [-0.25, -0.2) is 0 Å². The van der Waals surface area contributed by atoms with Gasteiger partial charge in [-0.1, -0.05) is 30.3 Å². The maximum Gasteiger partial charge on any atom is 0.242 e. The van der Waals surface area contributed by atoms with Crippen LogP contribution >= 0.6 is 0 Å². The van der Waals surface area contributed by atoms with Crippen molar-refractivity contribution < 1.29 is 9.59 Å². The average Bonchev–Trinajstić information content (AvgIpc) is 3.11. The molecule has 0 saturated carbocycles. The number of benzene rings is 2. The molecule has 1 aromatic heterocycles. The average molecular weight is 392 g/mol. The topological polar surface area (TPSA) is 54.3 Å². The van der Waals surface area contributed by atoms with Crippen molar-refractivity contribution in [2.45, 2.75) is 39.7 Å². The molecule has 1 heterocycles. The van der Waals surface area contributed by atoms with Crippen molar-refractivity contribution in [1.29, 1.82) is 0 Å². The van der Waals surface area contributed by atoms with E-state index < -0.39 is 0 Å². The van der Waals surface area contributed by atoms with Gasteiger partial charge >= 0.3 is 0 Å². The van der Waals surface area contributed by atoms with Crippen LogP contribution in [-0.4, -0.2) is 34.4 Å².